The van der Waals surface area contributed by atoms with E-state index in [1.165, 1.54) is 11.3 Å². The zero-order chi connectivity index (χ0) is 12.7. The SMILES string of the molecule is COCCNCCNC(=O)c1scc(C)c1Cl. The predicted molar refractivity (Wildman–Crippen MR) is 71.1 cm³/mol. The summed E-state index contributed by atoms with van der Waals surface area (Å²) in [5, 5.41) is 8.40. The second-order valence-electron chi connectivity index (χ2n) is 3.56. The summed E-state index contributed by atoms with van der Waals surface area (Å²) in [7, 11) is 1.66. The summed E-state index contributed by atoms with van der Waals surface area (Å²) < 4.78 is 4.89. The fraction of sp³-hybridized carbons (Fsp3) is 0.545. The molecule has 0 aromatic carbocycles. The largest absolute Gasteiger partial charge is 0.383 e. The predicted octanol–water partition coefficient (Wildman–Crippen LogP) is 1.68. The Labute approximate surface area is 110 Å². The molecule has 4 nitrogen and oxygen atoms in total. The molecule has 0 saturated carbocycles. The molecular weight excluding hydrogens is 260 g/mol. The first-order chi connectivity index (χ1) is 8.16. The maximum Gasteiger partial charge on any atom is 0.262 e. The minimum atomic E-state index is -0.110. The van der Waals surface area contributed by atoms with Crippen LogP contribution >= 0.6 is 22.9 Å². The third kappa shape index (κ3) is 4.63. The van der Waals surface area contributed by atoms with E-state index in [0.29, 0.717) is 23.1 Å². The van der Waals surface area contributed by atoms with Crippen molar-refractivity contribution in [1.29, 1.82) is 0 Å². The van der Waals surface area contributed by atoms with Crippen LogP contribution in [0.5, 0.6) is 0 Å². The van der Waals surface area contributed by atoms with Crippen molar-refractivity contribution in [3.63, 3.8) is 0 Å². The van der Waals surface area contributed by atoms with Gasteiger partial charge < -0.3 is 15.4 Å². The van der Waals surface area contributed by atoms with Crippen LogP contribution in [0.25, 0.3) is 0 Å². The highest BCUT2D eigenvalue weighted by molar-refractivity contribution is 7.13. The van der Waals surface area contributed by atoms with Gasteiger partial charge in [0, 0.05) is 26.7 Å². The molecule has 1 heterocycles. The normalized spacial score (nSPS) is 10.5. The van der Waals surface area contributed by atoms with Gasteiger partial charge in [-0.1, -0.05) is 11.6 Å². The van der Waals surface area contributed by atoms with E-state index in [1.54, 1.807) is 7.11 Å². The molecule has 6 heteroatoms. The van der Waals surface area contributed by atoms with E-state index >= 15 is 0 Å². The first-order valence-corrected chi connectivity index (χ1v) is 6.64. The average molecular weight is 277 g/mol. The van der Waals surface area contributed by atoms with Crippen LogP contribution in [0.3, 0.4) is 0 Å². The number of halogens is 1. The van der Waals surface area contributed by atoms with Crippen molar-refractivity contribution in [2.75, 3.05) is 33.4 Å². The highest BCUT2D eigenvalue weighted by Crippen LogP contribution is 2.26. The molecule has 0 atom stereocenters. The third-order valence-electron chi connectivity index (χ3n) is 2.18. The molecule has 0 spiro atoms. The van der Waals surface area contributed by atoms with Crippen LogP contribution in [0.1, 0.15) is 15.2 Å². The van der Waals surface area contributed by atoms with Crippen LogP contribution in [0.2, 0.25) is 5.02 Å². The van der Waals surface area contributed by atoms with Gasteiger partial charge in [0.05, 0.1) is 11.6 Å². The van der Waals surface area contributed by atoms with Gasteiger partial charge in [-0.05, 0) is 17.9 Å². The van der Waals surface area contributed by atoms with Gasteiger partial charge >= 0.3 is 0 Å². The number of ether oxygens (including phenoxy) is 1. The van der Waals surface area contributed by atoms with Crippen LogP contribution in [0.15, 0.2) is 5.38 Å². The van der Waals surface area contributed by atoms with Crippen LogP contribution in [0.4, 0.5) is 0 Å². The van der Waals surface area contributed by atoms with E-state index in [4.69, 9.17) is 16.3 Å². The summed E-state index contributed by atoms with van der Waals surface area (Å²) in [6.45, 7) is 4.64. The third-order valence-corrected chi connectivity index (χ3v) is 3.87. The molecule has 0 saturated heterocycles. The Morgan fingerprint density at radius 3 is 2.82 bits per heavy atom. The number of aryl methyl sites for hydroxylation is 1. The summed E-state index contributed by atoms with van der Waals surface area (Å²) in [4.78, 5) is 12.3. The standard InChI is InChI=1S/C11H17ClN2O2S/c1-8-7-17-10(9(8)12)11(15)14-4-3-13-5-6-16-2/h7,13H,3-6H2,1-2H3,(H,14,15). The van der Waals surface area contributed by atoms with Gasteiger partial charge in [0.15, 0.2) is 0 Å². The van der Waals surface area contributed by atoms with Gasteiger partial charge in [-0.2, -0.15) is 0 Å². The van der Waals surface area contributed by atoms with E-state index in [2.05, 4.69) is 10.6 Å². The zero-order valence-electron chi connectivity index (χ0n) is 10.0. The van der Waals surface area contributed by atoms with E-state index < -0.39 is 0 Å². The molecule has 0 aliphatic heterocycles. The first kappa shape index (κ1) is 14.4. The van der Waals surface area contributed by atoms with Gasteiger partial charge in [-0.15, -0.1) is 11.3 Å². The second-order valence-corrected chi connectivity index (χ2v) is 4.82. The van der Waals surface area contributed by atoms with Crippen LogP contribution in [-0.2, 0) is 4.74 Å². The zero-order valence-corrected chi connectivity index (χ0v) is 11.6. The molecule has 0 radical (unpaired) electrons. The number of hydrogen-bond donors (Lipinski definition) is 2. The summed E-state index contributed by atoms with van der Waals surface area (Å²) >= 11 is 7.37. The van der Waals surface area contributed by atoms with Crippen LogP contribution in [0, 0.1) is 6.92 Å². The van der Waals surface area contributed by atoms with Gasteiger partial charge in [0.25, 0.3) is 5.91 Å². The molecule has 2 N–H and O–H groups in total. The molecular formula is C11H17ClN2O2S. The molecule has 0 bridgehead atoms. The molecule has 1 amide bonds. The quantitative estimate of drug-likeness (QED) is 0.745. The molecule has 0 fully saturated rings. The Kier molecular flexibility index (Phi) is 6.50. The first-order valence-electron chi connectivity index (χ1n) is 5.38. The Hall–Kier alpha value is -0.620. The number of carbonyl (C=O) groups excluding carboxylic acids is 1. The second kappa shape index (κ2) is 7.66. The van der Waals surface area contributed by atoms with Crippen molar-refractivity contribution in [3.8, 4) is 0 Å². The molecule has 1 aromatic rings. The molecule has 0 aliphatic carbocycles. The Balaban J connectivity index is 2.24. The number of carbonyl (C=O) groups is 1. The molecule has 1 rings (SSSR count). The smallest absolute Gasteiger partial charge is 0.262 e. The molecule has 96 valence electrons. The van der Waals surface area contributed by atoms with Crippen molar-refractivity contribution < 1.29 is 9.53 Å². The minimum absolute atomic E-state index is 0.110. The van der Waals surface area contributed by atoms with Crippen LogP contribution in [-0.4, -0.2) is 39.3 Å². The molecule has 0 unspecified atom stereocenters. The number of hydrogen-bond acceptors (Lipinski definition) is 4. The fourth-order valence-electron chi connectivity index (χ4n) is 1.23. The van der Waals surface area contributed by atoms with E-state index in [1.807, 2.05) is 12.3 Å². The van der Waals surface area contributed by atoms with Crippen molar-refractivity contribution in [2.45, 2.75) is 6.92 Å². The number of methoxy groups -OCH3 is 1. The monoisotopic (exact) mass is 276 g/mol. The topological polar surface area (TPSA) is 50.4 Å². The van der Waals surface area contributed by atoms with Gasteiger partial charge in [0.2, 0.25) is 0 Å². The number of rotatable bonds is 7. The maximum atomic E-state index is 11.7. The fourth-order valence-corrected chi connectivity index (χ4v) is 2.42. The highest BCUT2D eigenvalue weighted by Gasteiger charge is 2.13. The molecule has 0 aliphatic rings. The van der Waals surface area contributed by atoms with E-state index in [0.717, 1.165) is 18.7 Å². The summed E-state index contributed by atoms with van der Waals surface area (Å²) in [5.74, 6) is -0.110. The lowest BCUT2D eigenvalue weighted by Crippen LogP contribution is -2.32. The Morgan fingerprint density at radius 2 is 2.24 bits per heavy atom. The lowest BCUT2D eigenvalue weighted by Gasteiger charge is -2.05. The van der Waals surface area contributed by atoms with Crippen molar-refractivity contribution >= 4 is 28.8 Å². The Morgan fingerprint density at radius 1 is 1.47 bits per heavy atom. The van der Waals surface area contributed by atoms with Crippen LogP contribution < -0.4 is 10.6 Å². The van der Waals surface area contributed by atoms with Gasteiger partial charge in [0.1, 0.15) is 4.88 Å². The highest BCUT2D eigenvalue weighted by atomic mass is 35.5. The molecule has 1 aromatic heterocycles. The van der Waals surface area contributed by atoms with Crippen molar-refractivity contribution in [1.82, 2.24) is 10.6 Å². The summed E-state index contributed by atoms with van der Waals surface area (Å²) in [6.07, 6.45) is 0. The van der Waals surface area contributed by atoms with E-state index in [9.17, 15) is 4.79 Å². The van der Waals surface area contributed by atoms with E-state index in [-0.39, 0.29) is 5.91 Å². The number of amides is 1. The molecule has 17 heavy (non-hydrogen) atoms. The summed E-state index contributed by atoms with van der Waals surface area (Å²) in [5.41, 5.74) is 0.944. The lowest BCUT2D eigenvalue weighted by molar-refractivity contribution is 0.0958. The minimum Gasteiger partial charge on any atom is -0.383 e. The Bertz CT molecular complexity index is 368. The van der Waals surface area contributed by atoms with Crippen molar-refractivity contribution in [3.05, 3.63) is 20.8 Å². The summed E-state index contributed by atoms with van der Waals surface area (Å²) in [6, 6.07) is 0. The maximum absolute atomic E-state index is 11.7. The average Bonchev–Trinajstić information content (AvgIpc) is 2.64. The number of nitrogens with one attached hydrogen (secondary N) is 2. The lowest BCUT2D eigenvalue weighted by atomic mass is 10.3. The van der Waals surface area contributed by atoms with Crippen molar-refractivity contribution in [2.24, 2.45) is 0 Å². The van der Waals surface area contributed by atoms with Gasteiger partial charge in [-0.25, -0.2) is 0 Å². The number of thiophene rings is 1. The van der Waals surface area contributed by atoms with Gasteiger partial charge in [-0.3, -0.25) is 4.79 Å².